The molecule has 2 heterocycles. The maximum absolute atomic E-state index is 13.4. The van der Waals surface area contributed by atoms with Crippen LogP contribution in [0.2, 0.25) is 0 Å². The molecule has 9 heteroatoms. The van der Waals surface area contributed by atoms with E-state index in [1.807, 2.05) is 31.2 Å². The zero-order chi connectivity index (χ0) is 23.6. The Hall–Kier alpha value is -4.14. The van der Waals surface area contributed by atoms with E-state index >= 15 is 0 Å². The molecule has 0 aliphatic carbocycles. The Labute approximate surface area is 188 Å². The lowest BCUT2D eigenvalue weighted by Crippen LogP contribution is -2.19. The number of amides is 1. The molecule has 6 nitrogen and oxygen atoms in total. The zero-order valence-electron chi connectivity index (χ0n) is 17.8. The summed E-state index contributed by atoms with van der Waals surface area (Å²) in [7, 11) is 1.77. The lowest BCUT2D eigenvalue weighted by molar-refractivity contribution is -0.137. The van der Waals surface area contributed by atoms with Crippen LogP contribution in [0.5, 0.6) is 0 Å². The van der Waals surface area contributed by atoms with Crippen LogP contribution in [0, 0.1) is 6.92 Å². The molecule has 2 N–H and O–H groups in total. The van der Waals surface area contributed by atoms with Gasteiger partial charge >= 0.3 is 6.18 Å². The average molecular weight is 451 g/mol. The van der Waals surface area contributed by atoms with Crippen molar-refractivity contribution in [3.8, 4) is 11.1 Å². The molecule has 4 aromatic rings. The van der Waals surface area contributed by atoms with Gasteiger partial charge in [-0.2, -0.15) is 18.3 Å². The van der Waals surface area contributed by atoms with Crippen LogP contribution in [0.15, 0.2) is 73.2 Å². The maximum atomic E-state index is 13.4. The Kier molecular flexibility index (Phi) is 5.87. The number of benzene rings is 2. The average Bonchev–Trinajstić information content (AvgIpc) is 3.22. The van der Waals surface area contributed by atoms with Crippen LogP contribution in [-0.4, -0.2) is 20.7 Å². The zero-order valence-corrected chi connectivity index (χ0v) is 17.8. The summed E-state index contributed by atoms with van der Waals surface area (Å²) >= 11 is 0. The summed E-state index contributed by atoms with van der Waals surface area (Å²) in [5.41, 5.74) is 1.85. The molecule has 2 aromatic heterocycles. The number of carbonyl (C=O) groups excluding carboxylic acids is 1. The largest absolute Gasteiger partial charge is 0.417 e. The number of aryl methyl sites for hydroxylation is 2. The van der Waals surface area contributed by atoms with Gasteiger partial charge in [0.15, 0.2) is 5.82 Å². The molecule has 168 valence electrons. The number of aromatic nitrogens is 3. The van der Waals surface area contributed by atoms with Gasteiger partial charge in [0.05, 0.1) is 23.0 Å². The van der Waals surface area contributed by atoms with E-state index in [1.165, 1.54) is 12.1 Å². The molecule has 0 atom stereocenters. The number of pyridine rings is 1. The van der Waals surface area contributed by atoms with Crippen LogP contribution in [0.4, 0.5) is 30.4 Å². The molecule has 0 saturated carbocycles. The number of rotatable bonds is 5. The summed E-state index contributed by atoms with van der Waals surface area (Å²) < 4.78 is 41.9. The minimum Gasteiger partial charge on any atom is -0.338 e. The van der Waals surface area contributed by atoms with Gasteiger partial charge in [-0.15, -0.1) is 0 Å². The van der Waals surface area contributed by atoms with Gasteiger partial charge in [0.2, 0.25) is 0 Å². The predicted molar refractivity (Wildman–Crippen MR) is 120 cm³/mol. The van der Waals surface area contributed by atoms with Gasteiger partial charge in [-0.05, 0) is 36.8 Å². The summed E-state index contributed by atoms with van der Waals surface area (Å²) in [4.78, 5) is 17.4. The van der Waals surface area contributed by atoms with E-state index in [-0.39, 0.29) is 5.69 Å². The van der Waals surface area contributed by atoms with E-state index in [0.29, 0.717) is 11.4 Å². The Morgan fingerprint density at radius 1 is 0.970 bits per heavy atom. The summed E-state index contributed by atoms with van der Waals surface area (Å²) in [6.07, 6.45) is 0.356. The highest BCUT2D eigenvalue weighted by Crippen LogP contribution is 2.34. The van der Waals surface area contributed by atoms with Crippen molar-refractivity contribution in [2.45, 2.75) is 13.1 Å². The van der Waals surface area contributed by atoms with Crippen LogP contribution in [-0.2, 0) is 13.2 Å². The fourth-order valence-corrected chi connectivity index (χ4v) is 3.35. The van der Waals surface area contributed by atoms with Crippen molar-refractivity contribution < 1.29 is 18.0 Å². The summed E-state index contributed by atoms with van der Waals surface area (Å²) in [6.45, 7) is 1.91. The van der Waals surface area contributed by atoms with Crippen molar-refractivity contribution in [1.29, 1.82) is 0 Å². The number of nitrogens with zero attached hydrogens (tertiary/aromatic N) is 3. The Bertz CT molecular complexity index is 1310. The second-order valence-corrected chi connectivity index (χ2v) is 7.46. The predicted octanol–water partition coefficient (Wildman–Crippen LogP) is 5.81. The standard InChI is InChI=1S/C24H20F3N5O/c1-15-7-3-6-10-20(15)30-22-21(11-16(12-28-22)17-13-29-32(2)14-17)31-23(33)18-8-4-5-9-19(18)24(25,26)27/h3-14H,1-2H3,(H,28,30)(H,31,33). The molecule has 0 radical (unpaired) electrons. The fraction of sp³-hybridized carbons (Fsp3) is 0.125. The first-order valence-electron chi connectivity index (χ1n) is 10.0. The first kappa shape index (κ1) is 22.1. The van der Waals surface area contributed by atoms with E-state index in [0.717, 1.165) is 28.9 Å². The van der Waals surface area contributed by atoms with E-state index in [2.05, 4.69) is 20.7 Å². The molecule has 4 rings (SSSR count). The molecule has 2 aromatic carbocycles. The number of halogens is 3. The second-order valence-electron chi connectivity index (χ2n) is 7.46. The van der Waals surface area contributed by atoms with Crippen molar-refractivity contribution >= 4 is 23.1 Å². The quantitative estimate of drug-likeness (QED) is 0.402. The smallest absolute Gasteiger partial charge is 0.338 e. The first-order chi connectivity index (χ1) is 15.7. The van der Waals surface area contributed by atoms with E-state index < -0.39 is 23.2 Å². The number of para-hydroxylation sites is 1. The maximum Gasteiger partial charge on any atom is 0.417 e. The summed E-state index contributed by atoms with van der Waals surface area (Å²) in [5, 5.41) is 9.89. The van der Waals surface area contributed by atoms with Gasteiger partial charge in [-0.1, -0.05) is 30.3 Å². The number of hydrogen-bond donors (Lipinski definition) is 2. The number of nitrogens with one attached hydrogen (secondary N) is 2. The Morgan fingerprint density at radius 2 is 1.70 bits per heavy atom. The van der Waals surface area contributed by atoms with Gasteiger partial charge in [0, 0.05) is 36.3 Å². The molecule has 0 aliphatic heterocycles. The van der Waals surface area contributed by atoms with E-state index in [4.69, 9.17) is 0 Å². The molecule has 0 bridgehead atoms. The molecule has 0 fully saturated rings. The number of hydrogen-bond acceptors (Lipinski definition) is 4. The number of alkyl halides is 3. The van der Waals surface area contributed by atoms with Gasteiger partial charge in [-0.25, -0.2) is 4.98 Å². The lowest BCUT2D eigenvalue weighted by atomic mass is 10.1. The monoisotopic (exact) mass is 451 g/mol. The molecular weight excluding hydrogens is 431 g/mol. The van der Waals surface area contributed by atoms with Crippen molar-refractivity contribution in [3.63, 3.8) is 0 Å². The summed E-state index contributed by atoms with van der Waals surface area (Å²) in [6, 6.07) is 13.8. The molecule has 0 saturated heterocycles. The first-order valence-corrected chi connectivity index (χ1v) is 10.0. The van der Waals surface area contributed by atoms with Crippen LogP contribution in [0.25, 0.3) is 11.1 Å². The molecule has 0 unspecified atom stereocenters. The number of anilines is 3. The van der Waals surface area contributed by atoms with Crippen LogP contribution in [0.1, 0.15) is 21.5 Å². The summed E-state index contributed by atoms with van der Waals surface area (Å²) in [5.74, 6) is -0.587. The number of carbonyl (C=O) groups is 1. The van der Waals surface area contributed by atoms with Crippen molar-refractivity contribution in [1.82, 2.24) is 14.8 Å². The molecule has 1 amide bonds. The Morgan fingerprint density at radius 3 is 2.39 bits per heavy atom. The SMILES string of the molecule is Cc1ccccc1Nc1ncc(-c2cnn(C)c2)cc1NC(=O)c1ccccc1C(F)(F)F. The Balaban J connectivity index is 1.74. The van der Waals surface area contributed by atoms with Crippen LogP contribution < -0.4 is 10.6 Å². The highest BCUT2D eigenvalue weighted by Gasteiger charge is 2.35. The third-order valence-electron chi connectivity index (χ3n) is 5.05. The molecule has 0 spiro atoms. The van der Waals surface area contributed by atoms with E-state index in [9.17, 15) is 18.0 Å². The topological polar surface area (TPSA) is 71.8 Å². The molecule has 33 heavy (non-hydrogen) atoms. The van der Waals surface area contributed by atoms with Gasteiger partial charge in [-0.3, -0.25) is 9.48 Å². The lowest BCUT2D eigenvalue weighted by Gasteiger charge is -2.16. The van der Waals surface area contributed by atoms with Crippen LogP contribution >= 0.6 is 0 Å². The third-order valence-corrected chi connectivity index (χ3v) is 5.05. The van der Waals surface area contributed by atoms with E-state index in [1.54, 1.807) is 36.4 Å². The second kappa shape index (κ2) is 8.78. The fourth-order valence-electron chi connectivity index (χ4n) is 3.35. The highest BCUT2D eigenvalue weighted by atomic mass is 19.4. The van der Waals surface area contributed by atoms with Gasteiger partial charge < -0.3 is 10.6 Å². The third kappa shape index (κ3) is 4.87. The van der Waals surface area contributed by atoms with Gasteiger partial charge in [0.25, 0.3) is 5.91 Å². The van der Waals surface area contributed by atoms with Crippen molar-refractivity contribution in [2.75, 3.05) is 10.6 Å². The molecular formula is C24H20F3N5O. The van der Waals surface area contributed by atoms with Crippen molar-refractivity contribution in [3.05, 3.63) is 89.9 Å². The normalized spacial score (nSPS) is 11.3. The highest BCUT2D eigenvalue weighted by molar-refractivity contribution is 6.07. The van der Waals surface area contributed by atoms with Crippen molar-refractivity contribution in [2.24, 2.45) is 7.05 Å². The van der Waals surface area contributed by atoms with Crippen LogP contribution in [0.3, 0.4) is 0 Å². The molecule has 0 aliphatic rings. The minimum absolute atomic E-state index is 0.238. The minimum atomic E-state index is -4.66. The van der Waals surface area contributed by atoms with Gasteiger partial charge in [0.1, 0.15) is 0 Å².